The average Bonchev–Trinajstić information content (AvgIpc) is 2.88. The number of hydrogen-bond donors (Lipinski definition) is 1. The van der Waals surface area contributed by atoms with E-state index in [-0.39, 0.29) is 6.61 Å². The van der Waals surface area contributed by atoms with Crippen LogP contribution in [0.1, 0.15) is 18.5 Å². The van der Waals surface area contributed by atoms with Gasteiger partial charge >= 0.3 is 5.97 Å². The molecule has 4 rings (SSSR count). The molecule has 2 aliphatic heterocycles. The number of para-hydroxylation sites is 1. The molecule has 0 spiro atoms. The van der Waals surface area contributed by atoms with Crippen molar-refractivity contribution in [2.24, 2.45) is 10.9 Å². The van der Waals surface area contributed by atoms with Crippen molar-refractivity contribution in [1.82, 2.24) is 10.2 Å². The normalized spacial score (nSPS) is 20.3. The number of aliphatic imine (C=N–C) groups is 1. The maximum atomic E-state index is 13.1. The minimum Gasteiger partial charge on any atom is -0.497 e. The van der Waals surface area contributed by atoms with Crippen molar-refractivity contribution in [3.63, 3.8) is 0 Å². The van der Waals surface area contributed by atoms with Crippen LogP contribution in [-0.4, -0.2) is 69.7 Å². The quantitative estimate of drug-likeness (QED) is 0.516. The number of nitrogens with zero attached hydrogens (tertiary/aromatic N) is 3. The van der Waals surface area contributed by atoms with Gasteiger partial charge in [-0.05, 0) is 37.3 Å². The molecule has 9 nitrogen and oxygen atoms in total. The van der Waals surface area contributed by atoms with Crippen LogP contribution < -0.4 is 19.7 Å². The van der Waals surface area contributed by atoms with Gasteiger partial charge in [0.15, 0.2) is 5.92 Å². The molecule has 1 amide bonds. The van der Waals surface area contributed by atoms with Gasteiger partial charge in [-0.25, -0.2) is 4.99 Å². The summed E-state index contributed by atoms with van der Waals surface area (Å²) in [4.78, 5) is 35.0. The number of rotatable bonds is 6. The number of nitrogens with one attached hydrogen (secondary N) is 1. The minimum absolute atomic E-state index is 0.186. The zero-order valence-electron chi connectivity index (χ0n) is 19.7. The Bertz CT molecular complexity index is 1050. The number of amides is 1. The largest absolute Gasteiger partial charge is 0.497 e. The zero-order valence-corrected chi connectivity index (χ0v) is 19.7. The van der Waals surface area contributed by atoms with E-state index >= 15 is 0 Å². The molecule has 2 atom stereocenters. The molecule has 0 aromatic heterocycles. The topological polar surface area (TPSA) is 92.7 Å². The van der Waals surface area contributed by atoms with Crippen LogP contribution in [0.25, 0.3) is 0 Å². The predicted octanol–water partition coefficient (Wildman–Crippen LogP) is 2.23. The molecule has 2 heterocycles. The van der Waals surface area contributed by atoms with Crippen LogP contribution in [0.4, 0.5) is 5.69 Å². The molecule has 2 aromatic carbocycles. The molecule has 0 saturated carbocycles. The summed E-state index contributed by atoms with van der Waals surface area (Å²) in [7, 11) is 3.21. The van der Waals surface area contributed by atoms with E-state index < -0.39 is 23.8 Å². The van der Waals surface area contributed by atoms with Gasteiger partial charge < -0.3 is 24.0 Å². The summed E-state index contributed by atoms with van der Waals surface area (Å²) < 4.78 is 15.9. The highest BCUT2D eigenvalue weighted by atomic mass is 16.5. The van der Waals surface area contributed by atoms with Crippen molar-refractivity contribution >= 4 is 23.5 Å². The van der Waals surface area contributed by atoms with Gasteiger partial charge in [0.25, 0.3) is 0 Å². The fraction of sp³-hybridized carbons (Fsp3) is 0.400. The van der Waals surface area contributed by atoms with Gasteiger partial charge in [0.05, 0.1) is 20.8 Å². The number of benzene rings is 2. The summed E-state index contributed by atoms with van der Waals surface area (Å²) >= 11 is 0. The second kappa shape index (κ2) is 10.5. The summed E-state index contributed by atoms with van der Waals surface area (Å²) in [6.07, 6.45) is 0. The van der Waals surface area contributed by atoms with Gasteiger partial charge in [-0.15, -0.1) is 0 Å². The Hall–Kier alpha value is -3.75. The number of carbonyl (C=O) groups excluding carboxylic acids is 2. The van der Waals surface area contributed by atoms with Crippen molar-refractivity contribution in [2.45, 2.75) is 13.0 Å². The Labute approximate surface area is 199 Å². The number of carbonyl (C=O) groups is 2. The second-order valence-corrected chi connectivity index (χ2v) is 8.03. The van der Waals surface area contributed by atoms with Crippen molar-refractivity contribution < 1.29 is 23.8 Å². The van der Waals surface area contributed by atoms with E-state index in [2.05, 4.69) is 10.2 Å². The molecular formula is C25H30N4O5. The molecular weight excluding hydrogens is 436 g/mol. The molecule has 2 aromatic rings. The van der Waals surface area contributed by atoms with E-state index in [1.54, 1.807) is 27.2 Å². The summed E-state index contributed by atoms with van der Waals surface area (Å²) in [5.74, 6) is -0.236. The lowest BCUT2D eigenvalue weighted by molar-refractivity contribution is -0.153. The Kier molecular flexibility index (Phi) is 7.20. The van der Waals surface area contributed by atoms with Crippen molar-refractivity contribution in [1.29, 1.82) is 0 Å². The van der Waals surface area contributed by atoms with Crippen molar-refractivity contribution in [3.05, 3.63) is 54.1 Å². The molecule has 1 fully saturated rings. The van der Waals surface area contributed by atoms with Crippen LogP contribution in [0.2, 0.25) is 0 Å². The highest BCUT2D eigenvalue weighted by molar-refractivity contribution is 6.08. The monoisotopic (exact) mass is 466 g/mol. The van der Waals surface area contributed by atoms with Crippen LogP contribution in [0.3, 0.4) is 0 Å². The van der Waals surface area contributed by atoms with E-state index in [1.165, 1.54) is 0 Å². The smallest absolute Gasteiger partial charge is 0.321 e. The second-order valence-electron chi connectivity index (χ2n) is 8.03. The number of anilines is 1. The lowest BCUT2D eigenvalue weighted by Crippen LogP contribution is -2.57. The first kappa shape index (κ1) is 23.4. The first-order valence-corrected chi connectivity index (χ1v) is 11.4. The van der Waals surface area contributed by atoms with Crippen LogP contribution in [0.15, 0.2) is 53.5 Å². The number of guanidine groups is 1. The third-order valence-corrected chi connectivity index (χ3v) is 6.11. The molecule has 180 valence electrons. The number of methoxy groups -OCH3 is 2. The van der Waals surface area contributed by atoms with E-state index in [0.29, 0.717) is 30.4 Å². The van der Waals surface area contributed by atoms with E-state index in [1.807, 2.05) is 47.4 Å². The number of esters is 1. The predicted molar refractivity (Wildman–Crippen MR) is 128 cm³/mol. The maximum Gasteiger partial charge on any atom is 0.321 e. The zero-order chi connectivity index (χ0) is 24.1. The van der Waals surface area contributed by atoms with Gasteiger partial charge in [-0.3, -0.25) is 14.9 Å². The summed E-state index contributed by atoms with van der Waals surface area (Å²) in [6, 6.07) is 14.5. The Morgan fingerprint density at radius 3 is 2.32 bits per heavy atom. The fourth-order valence-electron chi connectivity index (χ4n) is 4.33. The number of ether oxygens (including phenoxy) is 3. The maximum absolute atomic E-state index is 13.1. The van der Waals surface area contributed by atoms with Gasteiger partial charge in [-0.1, -0.05) is 18.2 Å². The molecule has 0 aliphatic carbocycles. The number of hydrogen-bond acceptors (Lipinski definition) is 8. The average molecular weight is 467 g/mol. The Morgan fingerprint density at radius 1 is 1.00 bits per heavy atom. The minimum atomic E-state index is -1.08. The molecule has 0 radical (unpaired) electrons. The molecule has 1 N–H and O–H groups in total. The number of piperazine rings is 1. The summed E-state index contributed by atoms with van der Waals surface area (Å²) in [5.41, 5.74) is 1.79. The summed E-state index contributed by atoms with van der Waals surface area (Å²) in [5, 5.41) is 2.84. The van der Waals surface area contributed by atoms with Crippen LogP contribution in [-0.2, 0) is 14.3 Å². The SMILES string of the molecule is CCOC(=O)[C@@H]1C(=O)NC(N2CCN(c3ccc(OC)cc3)CC2)=N[C@@H]1c1ccccc1OC. The van der Waals surface area contributed by atoms with Crippen molar-refractivity contribution in [3.8, 4) is 11.5 Å². The molecule has 0 unspecified atom stereocenters. The Morgan fingerprint density at radius 2 is 1.68 bits per heavy atom. The van der Waals surface area contributed by atoms with Gasteiger partial charge in [0.2, 0.25) is 11.9 Å². The molecule has 34 heavy (non-hydrogen) atoms. The summed E-state index contributed by atoms with van der Waals surface area (Å²) in [6.45, 7) is 4.78. The molecule has 2 aliphatic rings. The molecule has 1 saturated heterocycles. The van der Waals surface area contributed by atoms with E-state index in [9.17, 15) is 9.59 Å². The van der Waals surface area contributed by atoms with Gasteiger partial charge in [-0.2, -0.15) is 0 Å². The van der Waals surface area contributed by atoms with Crippen molar-refractivity contribution in [2.75, 3.05) is 51.9 Å². The first-order valence-electron chi connectivity index (χ1n) is 11.4. The third kappa shape index (κ3) is 4.78. The fourth-order valence-corrected chi connectivity index (χ4v) is 4.33. The molecule has 9 heteroatoms. The Balaban J connectivity index is 1.56. The van der Waals surface area contributed by atoms with Crippen LogP contribution >= 0.6 is 0 Å². The first-order chi connectivity index (χ1) is 16.5. The van der Waals surface area contributed by atoms with Crippen LogP contribution in [0, 0.1) is 5.92 Å². The third-order valence-electron chi connectivity index (χ3n) is 6.11. The van der Waals surface area contributed by atoms with Gasteiger partial charge in [0.1, 0.15) is 17.5 Å². The highest BCUT2D eigenvalue weighted by Gasteiger charge is 2.43. The van der Waals surface area contributed by atoms with E-state index in [0.717, 1.165) is 24.5 Å². The molecule has 0 bridgehead atoms. The lowest BCUT2D eigenvalue weighted by atomic mass is 9.90. The van der Waals surface area contributed by atoms with E-state index in [4.69, 9.17) is 19.2 Å². The lowest BCUT2D eigenvalue weighted by Gasteiger charge is -2.39. The van der Waals surface area contributed by atoms with Crippen LogP contribution in [0.5, 0.6) is 11.5 Å². The van der Waals surface area contributed by atoms with Gasteiger partial charge in [0, 0.05) is 37.4 Å². The standard InChI is InChI=1S/C25H30N4O5/c1-4-34-24(31)21-22(19-7-5-6-8-20(19)33-3)26-25(27-23(21)30)29-15-13-28(14-16-29)17-9-11-18(32-2)12-10-17/h5-12,21-22H,4,13-16H2,1-3H3,(H,26,27,30)/t21-,22+/m0/s1. The highest BCUT2D eigenvalue weighted by Crippen LogP contribution is 2.36.